The minimum atomic E-state index is 0.0613. The molecule has 126 valence electrons. The number of thiazole rings is 1. The molecule has 0 fully saturated rings. The van der Waals surface area contributed by atoms with Crippen LogP contribution >= 0.6 is 23.6 Å². The van der Waals surface area contributed by atoms with Crippen molar-refractivity contribution in [3.8, 4) is 11.9 Å². The molecule has 1 N–H and O–H groups in total. The molecule has 0 saturated carbocycles. The number of aryl methyl sites for hydroxylation is 1. The van der Waals surface area contributed by atoms with Crippen molar-refractivity contribution in [1.29, 1.82) is 5.26 Å². The lowest BCUT2D eigenvalue weighted by molar-refractivity contribution is 0.417. The van der Waals surface area contributed by atoms with Crippen LogP contribution < -0.4 is 0 Å². The standard InChI is InChI=1S/C17H14N4O2S2/c1-3-21-16(22)13(25-17(21)24)8-14-20-12(9-18)15(23-14)19-11-6-4-10(2)5-7-11/h4-8,22H,3H2,1-2H3. The maximum atomic E-state index is 10.2. The van der Waals surface area contributed by atoms with Crippen molar-refractivity contribution in [2.24, 2.45) is 9.98 Å². The smallest absolute Gasteiger partial charge is 0.258 e. The third-order valence-corrected chi connectivity index (χ3v) is 4.85. The van der Waals surface area contributed by atoms with Crippen LogP contribution in [0.1, 0.15) is 17.4 Å². The van der Waals surface area contributed by atoms with Crippen LogP contribution in [0.25, 0.3) is 6.08 Å². The van der Waals surface area contributed by atoms with Crippen LogP contribution in [0.2, 0.25) is 0 Å². The van der Waals surface area contributed by atoms with Crippen molar-refractivity contribution in [3.63, 3.8) is 0 Å². The highest BCUT2D eigenvalue weighted by Gasteiger charge is 2.22. The Morgan fingerprint density at radius 3 is 2.76 bits per heavy atom. The van der Waals surface area contributed by atoms with Gasteiger partial charge in [0.05, 0.1) is 10.6 Å². The fraction of sp³-hybridized carbons (Fsp3) is 0.176. The van der Waals surface area contributed by atoms with Gasteiger partial charge in [0.1, 0.15) is 6.07 Å². The number of nitrogens with zero attached hydrogens (tertiary/aromatic N) is 4. The first kappa shape index (κ1) is 17.1. The van der Waals surface area contributed by atoms with Gasteiger partial charge in [-0.2, -0.15) is 10.3 Å². The highest BCUT2D eigenvalue weighted by Crippen LogP contribution is 2.30. The van der Waals surface area contributed by atoms with E-state index in [0.29, 0.717) is 21.1 Å². The third kappa shape index (κ3) is 3.52. The Hall–Kier alpha value is -2.76. The largest absolute Gasteiger partial charge is 0.493 e. The number of ether oxygens (including phenoxy) is 1. The second kappa shape index (κ2) is 7.01. The van der Waals surface area contributed by atoms with Gasteiger partial charge in [0.25, 0.3) is 5.90 Å². The van der Waals surface area contributed by atoms with Crippen molar-refractivity contribution in [3.05, 3.63) is 44.5 Å². The van der Waals surface area contributed by atoms with E-state index < -0.39 is 0 Å². The SMILES string of the molecule is CCn1c(O)c(C=C2N=C(C#N)C(=Nc3ccc(C)cc3)O2)sc1=S. The van der Waals surface area contributed by atoms with E-state index in [1.54, 1.807) is 10.6 Å². The summed E-state index contributed by atoms with van der Waals surface area (Å²) in [5, 5.41) is 19.4. The maximum Gasteiger partial charge on any atom is 0.258 e. The molecule has 1 aliphatic rings. The molecule has 8 heteroatoms. The van der Waals surface area contributed by atoms with Crippen LogP contribution in [0.3, 0.4) is 0 Å². The number of rotatable bonds is 3. The van der Waals surface area contributed by atoms with Gasteiger partial charge < -0.3 is 9.84 Å². The molecule has 0 atom stereocenters. The first-order valence-electron chi connectivity index (χ1n) is 7.48. The lowest BCUT2D eigenvalue weighted by atomic mass is 10.2. The molecule has 6 nitrogen and oxygen atoms in total. The number of nitriles is 1. The Labute approximate surface area is 153 Å². The summed E-state index contributed by atoms with van der Waals surface area (Å²) in [6.45, 7) is 4.44. The van der Waals surface area contributed by atoms with Crippen molar-refractivity contribution < 1.29 is 9.84 Å². The van der Waals surface area contributed by atoms with Crippen LogP contribution in [0.4, 0.5) is 5.69 Å². The summed E-state index contributed by atoms with van der Waals surface area (Å²) in [5.41, 5.74) is 1.87. The van der Waals surface area contributed by atoms with Gasteiger partial charge in [-0.1, -0.05) is 17.7 Å². The molecule has 2 heterocycles. The molecule has 0 spiro atoms. The van der Waals surface area contributed by atoms with Gasteiger partial charge in [0, 0.05) is 12.6 Å². The predicted molar refractivity (Wildman–Crippen MR) is 101 cm³/mol. The molecular weight excluding hydrogens is 356 g/mol. The van der Waals surface area contributed by atoms with Crippen molar-refractivity contribution >= 4 is 46.9 Å². The van der Waals surface area contributed by atoms with Gasteiger partial charge in [-0.3, -0.25) is 4.57 Å². The quantitative estimate of drug-likeness (QED) is 0.815. The first-order valence-corrected chi connectivity index (χ1v) is 8.71. The monoisotopic (exact) mass is 370 g/mol. The molecule has 2 aromatic rings. The fourth-order valence-corrected chi connectivity index (χ4v) is 3.53. The molecule has 0 amide bonds. The van der Waals surface area contributed by atoms with Crippen molar-refractivity contribution in [1.82, 2.24) is 4.57 Å². The normalized spacial score (nSPS) is 16.8. The zero-order valence-corrected chi connectivity index (χ0v) is 15.2. The number of aromatic nitrogens is 1. The van der Waals surface area contributed by atoms with E-state index in [-0.39, 0.29) is 23.4 Å². The molecule has 0 saturated heterocycles. The Morgan fingerprint density at radius 1 is 1.44 bits per heavy atom. The van der Waals surface area contributed by atoms with Crippen molar-refractivity contribution in [2.75, 3.05) is 0 Å². The van der Waals surface area contributed by atoms with Gasteiger partial charge >= 0.3 is 0 Å². The Balaban J connectivity index is 1.94. The highest BCUT2D eigenvalue weighted by atomic mass is 32.1. The summed E-state index contributed by atoms with van der Waals surface area (Å²) in [7, 11) is 0. The molecule has 25 heavy (non-hydrogen) atoms. The van der Waals surface area contributed by atoms with Crippen LogP contribution in [0.5, 0.6) is 5.88 Å². The average molecular weight is 370 g/mol. The van der Waals surface area contributed by atoms with Crippen LogP contribution in [0, 0.1) is 22.2 Å². The average Bonchev–Trinajstić information content (AvgIpc) is 3.10. The van der Waals surface area contributed by atoms with E-state index in [9.17, 15) is 10.4 Å². The predicted octanol–water partition coefficient (Wildman–Crippen LogP) is 4.34. The molecule has 1 aliphatic heterocycles. The summed E-state index contributed by atoms with van der Waals surface area (Å²) in [5.74, 6) is 0.388. The minimum Gasteiger partial charge on any atom is -0.493 e. The fourth-order valence-electron chi connectivity index (χ4n) is 2.17. The van der Waals surface area contributed by atoms with E-state index in [1.807, 2.05) is 44.2 Å². The van der Waals surface area contributed by atoms with Gasteiger partial charge in [0.2, 0.25) is 17.5 Å². The maximum absolute atomic E-state index is 10.2. The number of aliphatic imine (C=N–C) groups is 2. The van der Waals surface area contributed by atoms with E-state index in [0.717, 1.165) is 5.56 Å². The summed E-state index contributed by atoms with van der Waals surface area (Å²) in [6.07, 6.45) is 1.55. The van der Waals surface area contributed by atoms with Crippen molar-refractivity contribution in [2.45, 2.75) is 20.4 Å². The third-order valence-electron chi connectivity index (χ3n) is 3.46. The number of hydrogen-bond donors (Lipinski definition) is 1. The number of aromatic hydroxyl groups is 1. The van der Waals surface area contributed by atoms with Gasteiger partial charge in [-0.25, -0.2) is 4.99 Å². The lowest BCUT2D eigenvalue weighted by Crippen LogP contribution is -2.07. The molecule has 0 bridgehead atoms. The molecule has 0 unspecified atom stereocenters. The molecular formula is C17H14N4O2S2. The zero-order valence-electron chi connectivity index (χ0n) is 13.6. The first-order chi connectivity index (χ1) is 12.0. The Bertz CT molecular complexity index is 1000. The summed E-state index contributed by atoms with van der Waals surface area (Å²) in [4.78, 5) is 8.97. The molecule has 3 rings (SSSR count). The zero-order chi connectivity index (χ0) is 18.0. The lowest BCUT2D eigenvalue weighted by Gasteiger charge is -2.00. The van der Waals surface area contributed by atoms with E-state index >= 15 is 0 Å². The van der Waals surface area contributed by atoms with Gasteiger partial charge in [-0.15, -0.1) is 11.3 Å². The number of benzene rings is 1. The van der Waals surface area contributed by atoms with E-state index in [1.165, 1.54) is 11.3 Å². The summed E-state index contributed by atoms with van der Waals surface area (Å²) in [6, 6.07) is 9.49. The highest BCUT2D eigenvalue weighted by molar-refractivity contribution is 7.73. The second-order valence-electron chi connectivity index (χ2n) is 5.21. The van der Waals surface area contributed by atoms with Gasteiger partial charge in [-0.05, 0) is 38.2 Å². The summed E-state index contributed by atoms with van der Waals surface area (Å²) >= 11 is 6.45. The van der Waals surface area contributed by atoms with Crippen LogP contribution in [-0.4, -0.2) is 21.3 Å². The van der Waals surface area contributed by atoms with E-state index in [4.69, 9.17) is 17.0 Å². The van der Waals surface area contributed by atoms with Gasteiger partial charge in [0.15, 0.2) is 3.95 Å². The van der Waals surface area contributed by atoms with Crippen LogP contribution in [0.15, 0.2) is 40.1 Å². The van der Waals surface area contributed by atoms with Crippen LogP contribution in [-0.2, 0) is 11.3 Å². The molecule has 0 radical (unpaired) electrons. The van der Waals surface area contributed by atoms with E-state index in [2.05, 4.69) is 9.98 Å². The summed E-state index contributed by atoms with van der Waals surface area (Å²) < 4.78 is 7.74. The number of hydrogen-bond acceptors (Lipinski definition) is 7. The Morgan fingerprint density at radius 2 is 2.16 bits per heavy atom. The molecule has 1 aromatic carbocycles. The second-order valence-corrected chi connectivity index (χ2v) is 6.89. The molecule has 0 aliphatic carbocycles. The Kier molecular flexibility index (Phi) is 4.79. The molecule has 1 aromatic heterocycles. The topological polar surface area (TPSA) is 82.9 Å². The minimum absolute atomic E-state index is 0.0613.